The molecule has 3 nitrogen and oxygen atoms in total. The van der Waals surface area contributed by atoms with E-state index in [1.165, 1.54) is 39.0 Å². The van der Waals surface area contributed by atoms with E-state index in [0.717, 1.165) is 13.2 Å². The van der Waals surface area contributed by atoms with E-state index in [1.54, 1.807) is 0 Å². The van der Waals surface area contributed by atoms with Gasteiger partial charge in [0.25, 0.3) is 0 Å². The molecule has 76 valence electrons. The van der Waals surface area contributed by atoms with Crippen LogP contribution >= 0.6 is 0 Å². The van der Waals surface area contributed by atoms with E-state index < -0.39 is 0 Å². The summed E-state index contributed by atoms with van der Waals surface area (Å²) in [5, 5.41) is 0. The quantitative estimate of drug-likeness (QED) is 0.618. The average molecular weight is 184 g/mol. The van der Waals surface area contributed by atoms with Crippen molar-refractivity contribution in [2.75, 3.05) is 46.4 Å². The van der Waals surface area contributed by atoms with Gasteiger partial charge >= 0.3 is 0 Å². The molecule has 0 aromatic heterocycles. The predicted octanol–water partition coefficient (Wildman–Crippen LogP) is 0.413. The van der Waals surface area contributed by atoms with Crippen LogP contribution in [0.15, 0.2) is 0 Å². The maximum atomic E-state index is 5.63. The summed E-state index contributed by atoms with van der Waals surface area (Å²) in [7, 11) is 2.20. The van der Waals surface area contributed by atoms with Crippen molar-refractivity contribution in [2.24, 2.45) is 0 Å². The molecule has 0 saturated carbocycles. The van der Waals surface area contributed by atoms with Crippen molar-refractivity contribution in [3.05, 3.63) is 0 Å². The van der Waals surface area contributed by atoms with Crippen LogP contribution in [0, 0.1) is 0 Å². The third-order valence-electron chi connectivity index (χ3n) is 3.08. The minimum atomic E-state index is 0.531. The molecule has 13 heavy (non-hydrogen) atoms. The smallest absolute Gasteiger partial charge is 0.0702 e. The summed E-state index contributed by atoms with van der Waals surface area (Å²) in [5.74, 6) is 0. The van der Waals surface area contributed by atoms with Gasteiger partial charge in [0, 0.05) is 39.3 Å². The molecule has 0 amide bonds. The first-order valence-corrected chi connectivity index (χ1v) is 5.37. The fourth-order valence-corrected chi connectivity index (χ4v) is 2.11. The van der Waals surface area contributed by atoms with E-state index in [4.69, 9.17) is 4.74 Å². The summed E-state index contributed by atoms with van der Waals surface area (Å²) in [5.41, 5.74) is 0. The molecule has 0 aromatic rings. The van der Waals surface area contributed by atoms with Gasteiger partial charge in [0.05, 0.1) is 6.10 Å². The Kier molecular flexibility index (Phi) is 3.19. The summed E-state index contributed by atoms with van der Waals surface area (Å²) in [4.78, 5) is 4.93. The zero-order chi connectivity index (χ0) is 9.10. The van der Waals surface area contributed by atoms with Gasteiger partial charge in [0.15, 0.2) is 0 Å². The normalized spacial score (nSPS) is 32.5. The summed E-state index contributed by atoms with van der Waals surface area (Å²) in [6.07, 6.45) is 3.06. The second-order valence-corrected chi connectivity index (χ2v) is 4.24. The zero-order valence-electron chi connectivity index (χ0n) is 8.54. The van der Waals surface area contributed by atoms with Gasteiger partial charge in [-0.2, -0.15) is 0 Å². The van der Waals surface area contributed by atoms with E-state index >= 15 is 0 Å². The Morgan fingerprint density at radius 1 is 1.23 bits per heavy atom. The van der Waals surface area contributed by atoms with E-state index in [-0.39, 0.29) is 0 Å². The molecule has 0 bridgehead atoms. The molecule has 0 aromatic carbocycles. The fourth-order valence-electron chi connectivity index (χ4n) is 2.11. The number of rotatable bonds is 2. The summed E-state index contributed by atoms with van der Waals surface area (Å²) in [6, 6.07) is 0. The Hall–Kier alpha value is -0.120. The van der Waals surface area contributed by atoms with E-state index in [1.807, 2.05) is 0 Å². The Morgan fingerprint density at radius 2 is 2.00 bits per heavy atom. The molecular formula is C10H20N2O. The standard InChI is InChI=1S/C10H20N2O/c1-11-4-6-12(7-5-11)9-10-3-2-8-13-10/h10H,2-9H2,1H3. The van der Waals surface area contributed by atoms with Crippen LogP contribution in [0.5, 0.6) is 0 Å². The van der Waals surface area contributed by atoms with E-state index in [2.05, 4.69) is 16.8 Å². The zero-order valence-corrected chi connectivity index (χ0v) is 8.54. The lowest BCUT2D eigenvalue weighted by Crippen LogP contribution is -2.46. The summed E-state index contributed by atoms with van der Waals surface area (Å²) < 4.78 is 5.63. The first kappa shape index (κ1) is 9.44. The highest BCUT2D eigenvalue weighted by Crippen LogP contribution is 2.13. The molecule has 2 aliphatic rings. The van der Waals surface area contributed by atoms with E-state index in [9.17, 15) is 0 Å². The number of likely N-dealkylation sites (N-methyl/N-ethyl adjacent to an activating group) is 1. The van der Waals surface area contributed by atoms with Crippen LogP contribution < -0.4 is 0 Å². The molecule has 2 heterocycles. The van der Waals surface area contributed by atoms with E-state index in [0.29, 0.717) is 6.10 Å². The van der Waals surface area contributed by atoms with Crippen molar-refractivity contribution in [1.82, 2.24) is 9.80 Å². The van der Waals surface area contributed by atoms with Gasteiger partial charge in [0.1, 0.15) is 0 Å². The van der Waals surface area contributed by atoms with Gasteiger partial charge in [-0.1, -0.05) is 0 Å². The molecule has 0 aliphatic carbocycles. The molecule has 1 unspecified atom stereocenters. The molecule has 2 fully saturated rings. The number of ether oxygens (including phenoxy) is 1. The predicted molar refractivity (Wildman–Crippen MR) is 52.9 cm³/mol. The highest BCUT2D eigenvalue weighted by molar-refractivity contribution is 4.74. The van der Waals surface area contributed by atoms with Crippen LogP contribution in [-0.2, 0) is 4.74 Å². The van der Waals surface area contributed by atoms with Gasteiger partial charge in [-0.25, -0.2) is 0 Å². The second kappa shape index (κ2) is 4.40. The Bertz CT molecular complexity index is 149. The largest absolute Gasteiger partial charge is 0.377 e. The third-order valence-corrected chi connectivity index (χ3v) is 3.08. The van der Waals surface area contributed by atoms with Crippen LogP contribution in [0.3, 0.4) is 0 Å². The summed E-state index contributed by atoms with van der Waals surface area (Å²) in [6.45, 7) is 7.01. The van der Waals surface area contributed by atoms with Crippen molar-refractivity contribution in [3.63, 3.8) is 0 Å². The molecule has 0 radical (unpaired) electrons. The number of piperazine rings is 1. The first-order valence-electron chi connectivity index (χ1n) is 5.37. The summed E-state index contributed by atoms with van der Waals surface area (Å²) >= 11 is 0. The average Bonchev–Trinajstić information content (AvgIpc) is 2.62. The van der Waals surface area contributed by atoms with Gasteiger partial charge in [-0.3, -0.25) is 4.90 Å². The topological polar surface area (TPSA) is 15.7 Å². The molecule has 3 heteroatoms. The Labute approximate surface area is 80.6 Å². The van der Waals surface area contributed by atoms with Crippen LogP contribution in [0.4, 0.5) is 0 Å². The van der Waals surface area contributed by atoms with Crippen molar-refractivity contribution in [3.8, 4) is 0 Å². The Morgan fingerprint density at radius 3 is 2.62 bits per heavy atom. The van der Waals surface area contributed by atoms with Crippen LogP contribution in [0.2, 0.25) is 0 Å². The highest BCUT2D eigenvalue weighted by atomic mass is 16.5. The van der Waals surface area contributed by atoms with Crippen molar-refractivity contribution < 1.29 is 4.74 Å². The van der Waals surface area contributed by atoms with Gasteiger partial charge < -0.3 is 9.64 Å². The van der Waals surface area contributed by atoms with Gasteiger partial charge in [0.2, 0.25) is 0 Å². The minimum absolute atomic E-state index is 0.531. The molecule has 0 N–H and O–H groups in total. The number of hydrogen-bond acceptors (Lipinski definition) is 3. The lowest BCUT2D eigenvalue weighted by molar-refractivity contribution is 0.0551. The Balaban J connectivity index is 1.69. The number of hydrogen-bond donors (Lipinski definition) is 0. The minimum Gasteiger partial charge on any atom is -0.377 e. The van der Waals surface area contributed by atoms with Crippen LogP contribution in [-0.4, -0.2) is 62.3 Å². The molecular weight excluding hydrogens is 164 g/mol. The highest BCUT2D eigenvalue weighted by Gasteiger charge is 2.21. The van der Waals surface area contributed by atoms with Crippen LogP contribution in [0.1, 0.15) is 12.8 Å². The maximum absolute atomic E-state index is 5.63. The van der Waals surface area contributed by atoms with Crippen molar-refractivity contribution in [2.45, 2.75) is 18.9 Å². The fraction of sp³-hybridized carbons (Fsp3) is 1.00. The molecule has 2 rings (SSSR count). The molecule has 2 saturated heterocycles. The molecule has 1 atom stereocenters. The van der Waals surface area contributed by atoms with Crippen LogP contribution in [0.25, 0.3) is 0 Å². The molecule has 0 spiro atoms. The van der Waals surface area contributed by atoms with Crippen molar-refractivity contribution >= 4 is 0 Å². The lowest BCUT2D eigenvalue weighted by Gasteiger charge is -2.33. The molecule has 2 aliphatic heterocycles. The second-order valence-electron chi connectivity index (χ2n) is 4.24. The SMILES string of the molecule is CN1CCN(CC2CCCO2)CC1. The maximum Gasteiger partial charge on any atom is 0.0702 e. The van der Waals surface area contributed by atoms with Crippen molar-refractivity contribution in [1.29, 1.82) is 0 Å². The first-order chi connectivity index (χ1) is 6.34. The third kappa shape index (κ3) is 2.66. The van der Waals surface area contributed by atoms with Gasteiger partial charge in [-0.05, 0) is 19.9 Å². The van der Waals surface area contributed by atoms with Gasteiger partial charge in [-0.15, -0.1) is 0 Å². The monoisotopic (exact) mass is 184 g/mol. The lowest BCUT2D eigenvalue weighted by atomic mass is 10.2. The number of nitrogens with zero attached hydrogens (tertiary/aromatic N) is 2.